The molecular weight excluding hydrogens is 1090 g/mol. The molecule has 0 aromatic heterocycles. The Bertz CT molecular complexity index is 738. The molecule has 376 valence electrons. The van der Waals surface area contributed by atoms with Gasteiger partial charge in [-0.2, -0.15) is 0 Å². The number of rotatable bonds is 30. The fourth-order valence-corrected chi connectivity index (χ4v) is 4.57. The molecule has 0 amide bonds. The Morgan fingerprint density at radius 2 is 0.492 bits per heavy atom. The number of esters is 4. The Hall–Kier alpha value is 0.837. The largest absolute Gasteiger partial charge is 2.00 e. The minimum absolute atomic E-state index is 0. The predicted molar refractivity (Wildman–Crippen MR) is 282 cm³/mol. The van der Waals surface area contributed by atoms with Crippen molar-refractivity contribution in [2.24, 2.45) is 23.7 Å². The maximum Gasteiger partial charge on any atom is 2.00 e. The van der Waals surface area contributed by atoms with Crippen LogP contribution in [-0.4, -0.2) is 127 Å². The molecule has 9 nitrogen and oxygen atoms in total. The van der Waals surface area contributed by atoms with Gasteiger partial charge in [0, 0.05) is 0 Å². The summed E-state index contributed by atoms with van der Waals surface area (Å²) in [6, 6.07) is 0. The monoisotopic (exact) mass is 1190 g/mol. The Labute approximate surface area is 446 Å². The van der Waals surface area contributed by atoms with Crippen LogP contribution in [0.25, 0.3) is 0 Å². The second-order valence-corrected chi connectivity index (χ2v) is 17.6. The molecule has 0 fully saturated rings. The summed E-state index contributed by atoms with van der Waals surface area (Å²) in [4.78, 5) is 42.5. The molecule has 0 bridgehead atoms. The fourth-order valence-electron chi connectivity index (χ4n) is 4.24. The van der Waals surface area contributed by atoms with Gasteiger partial charge in [0.25, 0.3) is 23.9 Å². The topological polar surface area (TPSA) is 137 Å². The molecule has 0 heterocycles. The van der Waals surface area contributed by atoms with E-state index >= 15 is 0 Å². The van der Waals surface area contributed by atoms with Crippen molar-refractivity contribution in [1.82, 2.24) is 0 Å². The number of unbranched alkanes of at least 4 members (excludes halogenated alkanes) is 10. The van der Waals surface area contributed by atoms with Crippen molar-refractivity contribution >= 4 is 122 Å². The first-order valence-corrected chi connectivity index (χ1v) is 25.7. The average molecular weight is 1180 g/mol. The minimum Gasteiger partial charge on any atom is -0.782 e. The van der Waals surface area contributed by atoms with E-state index in [2.05, 4.69) is 134 Å². The molecular formula is C48H98O9S4Sn2. The second kappa shape index (κ2) is 74.4. The van der Waals surface area contributed by atoms with E-state index in [0.29, 0.717) is 26.4 Å². The first kappa shape index (κ1) is 83.8. The molecule has 0 aromatic rings. The van der Waals surface area contributed by atoms with Gasteiger partial charge >= 0.3 is 47.8 Å². The number of ether oxygens (including phenoxy) is 4. The van der Waals surface area contributed by atoms with E-state index in [1.54, 1.807) is 0 Å². The van der Waals surface area contributed by atoms with Crippen LogP contribution in [0.1, 0.15) is 212 Å². The van der Waals surface area contributed by atoms with Crippen molar-refractivity contribution in [1.29, 1.82) is 0 Å². The van der Waals surface area contributed by atoms with Gasteiger partial charge in [0.15, 0.2) is 0 Å². The molecule has 0 rings (SSSR count). The van der Waals surface area contributed by atoms with E-state index in [4.69, 9.17) is 18.9 Å². The van der Waals surface area contributed by atoms with Crippen LogP contribution in [0.2, 0.25) is 0 Å². The molecule has 0 aliphatic heterocycles. The van der Waals surface area contributed by atoms with Crippen LogP contribution in [0, 0.1) is 23.7 Å². The third-order valence-corrected chi connectivity index (χ3v) is 9.17. The Kier molecular flexibility index (Phi) is 99.0. The van der Waals surface area contributed by atoms with E-state index in [0.717, 1.165) is 75.0 Å². The first-order valence-electron chi connectivity index (χ1n) is 23.4. The second-order valence-electron chi connectivity index (χ2n) is 16.4. The smallest absolute Gasteiger partial charge is 0.782 e. The first-order chi connectivity index (χ1) is 28.5. The fraction of sp³-hybridized carbons (Fsp3) is 0.917. The molecule has 0 spiro atoms. The summed E-state index contributed by atoms with van der Waals surface area (Å²) in [7, 11) is 0. The van der Waals surface area contributed by atoms with Crippen molar-refractivity contribution in [3.63, 3.8) is 0 Å². The van der Waals surface area contributed by atoms with Crippen molar-refractivity contribution in [2.75, 3.05) is 49.4 Å². The maximum absolute atomic E-state index is 10.6. The molecule has 63 heavy (non-hydrogen) atoms. The van der Waals surface area contributed by atoms with Crippen LogP contribution >= 0.6 is 0 Å². The Morgan fingerprint density at radius 1 is 0.333 bits per heavy atom. The van der Waals surface area contributed by atoms with Gasteiger partial charge in [-0.15, -0.1) is 0 Å². The van der Waals surface area contributed by atoms with Gasteiger partial charge in [0.05, 0.1) is 26.4 Å². The van der Waals surface area contributed by atoms with E-state index in [-0.39, 0.29) is 100 Å². The van der Waals surface area contributed by atoms with Gasteiger partial charge in [0.2, 0.25) is 0 Å². The SMILES string of the molecule is CC(C)CCCCCOC(=O)C[S-].CC(C)CCCCCOC(=O)C[S-].CC(C)CCCCCOC(=O)C[S-].CC(C)CCCCCOC(=O)C[S-].CCCC.CCCC.O.[Sn+2].[Sn+2]. The van der Waals surface area contributed by atoms with Gasteiger partial charge in [-0.1, -0.05) is 209 Å². The van der Waals surface area contributed by atoms with Crippen LogP contribution < -0.4 is 0 Å². The molecule has 0 aliphatic rings. The molecule has 2 N–H and O–H groups in total. The molecule has 0 saturated heterocycles. The van der Waals surface area contributed by atoms with Gasteiger partial charge in [-0.05, 0) is 49.4 Å². The zero-order valence-electron chi connectivity index (χ0n) is 42.5. The summed E-state index contributed by atoms with van der Waals surface area (Å²) in [5, 5.41) is 0. The van der Waals surface area contributed by atoms with Crippen LogP contribution in [0.15, 0.2) is 0 Å². The summed E-state index contributed by atoms with van der Waals surface area (Å²) < 4.78 is 19.4. The predicted octanol–water partition coefficient (Wildman–Crippen LogP) is 11.2. The Balaban J connectivity index is -0.0000000819. The van der Waals surface area contributed by atoms with Gasteiger partial charge < -0.3 is 74.9 Å². The normalized spacial score (nSPS) is 9.59. The van der Waals surface area contributed by atoms with Gasteiger partial charge in [0.1, 0.15) is 0 Å². The Morgan fingerprint density at radius 3 is 0.603 bits per heavy atom. The summed E-state index contributed by atoms with van der Waals surface area (Å²) in [6.07, 6.45) is 23.6. The van der Waals surface area contributed by atoms with Gasteiger partial charge in [-0.25, -0.2) is 0 Å². The number of hydrogen-bond acceptors (Lipinski definition) is 12. The number of carbonyl (C=O) groups is 4. The average Bonchev–Trinajstić information content (AvgIpc) is 3.22. The molecule has 0 unspecified atom stereocenters. The molecule has 4 radical (unpaired) electrons. The standard InChI is InChI=1S/4C10H20O2S.2C4H10.H2O.2Sn/c4*1-9(2)6-4-3-5-7-12-10(11)8-13;2*1-3-4-2;;;/h4*9,13H,3-8H2,1-2H3;2*3-4H2,1-2H3;1H2;;/q;;;;;;;2*+2/p-4. The van der Waals surface area contributed by atoms with Crippen molar-refractivity contribution in [3.8, 4) is 0 Å². The van der Waals surface area contributed by atoms with Crippen LogP contribution in [0.3, 0.4) is 0 Å². The summed E-state index contributed by atoms with van der Waals surface area (Å²) in [5.41, 5.74) is 0. The van der Waals surface area contributed by atoms with E-state index < -0.39 is 0 Å². The minimum atomic E-state index is -0.265. The molecule has 0 aliphatic carbocycles. The third-order valence-electron chi connectivity index (χ3n) is 8.23. The molecule has 0 saturated carbocycles. The maximum atomic E-state index is 10.6. The molecule has 15 heteroatoms. The number of hydrogen-bond donors (Lipinski definition) is 0. The molecule has 0 atom stereocenters. The third kappa shape index (κ3) is 106. The van der Waals surface area contributed by atoms with E-state index in [1.807, 2.05) is 0 Å². The quantitative estimate of drug-likeness (QED) is 0.0223. The zero-order valence-corrected chi connectivity index (χ0v) is 51.5. The van der Waals surface area contributed by atoms with E-state index in [9.17, 15) is 19.2 Å². The van der Waals surface area contributed by atoms with Crippen molar-refractivity contribution in [3.05, 3.63) is 0 Å². The summed E-state index contributed by atoms with van der Waals surface area (Å²) >= 11 is 18.1. The van der Waals surface area contributed by atoms with Crippen LogP contribution in [0.4, 0.5) is 0 Å². The van der Waals surface area contributed by atoms with Crippen molar-refractivity contribution in [2.45, 2.75) is 212 Å². The van der Waals surface area contributed by atoms with Crippen molar-refractivity contribution < 1.29 is 43.6 Å². The zero-order chi connectivity index (χ0) is 47.2. The van der Waals surface area contributed by atoms with Crippen LogP contribution in [-0.2, 0) is 88.6 Å². The van der Waals surface area contributed by atoms with Gasteiger partial charge in [-0.3, -0.25) is 19.2 Å². The molecule has 0 aromatic carbocycles. The summed E-state index contributed by atoms with van der Waals surface area (Å²) in [6.45, 7) is 28.6. The number of carbonyl (C=O) groups excluding carboxylic acids is 4. The van der Waals surface area contributed by atoms with Crippen LogP contribution in [0.5, 0.6) is 0 Å². The van der Waals surface area contributed by atoms with E-state index in [1.165, 1.54) is 77.0 Å². The summed E-state index contributed by atoms with van der Waals surface area (Å²) in [5.74, 6) is 2.34.